The van der Waals surface area contributed by atoms with Gasteiger partial charge in [0.25, 0.3) is 0 Å². The van der Waals surface area contributed by atoms with E-state index in [9.17, 15) is 9.59 Å². The maximum atomic E-state index is 13.2. The summed E-state index contributed by atoms with van der Waals surface area (Å²) in [6, 6.07) is 8.07. The number of methoxy groups -OCH3 is 2. The molecule has 6 nitrogen and oxygen atoms in total. The van der Waals surface area contributed by atoms with E-state index in [0.29, 0.717) is 11.5 Å². The minimum absolute atomic E-state index is 0.00851. The van der Waals surface area contributed by atoms with Crippen molar-refractivity contribution in [3.05, 3.63) is 41.7 Å². The monoisotopic (exact) mass is 384 g/mol. The molecule has 0 radical (unpaired) electrons. The van der Waals surface area contributed by atoms with Crippen LogP contribution in [0, 0.1) is 11.8 Å². The van der Waals surface area contributed by atoms with Gasteiger partial charge in [-0.2, -0.15) is 0 Å². The van der Waals surface area contributed by atoms with Crippen LogP contribution < -0.4 is 5.32 Å². The van der Waals surface area contributed by atoms with E-state index in [1.165, 1.54) is 13.4 Å². The number of esters is 1. The van der Waals surface area contributed by atoms with E-state index in [1.54, 1.807) is 7.11 Å². The number of nitrogens with one attached hydrogen (secondary N) is 1. The molecule has 2 fully saturated rings. The van der Waals surface area contributed by atoms with E-state index in [-0.39, 0.29) is 23.8 Å². The Labute approximate surface area is 165 Å². The summed E-state index contributed by atoms with van der Waals surface area (Å²) in [5.41, 5.74) is 2.05. The van der Waals surface area contributed by atoms with Crippen molar-refractivity contribution in [2.45, 2.75) is 37.6 Å². The number of piperidine rings is 1. The van der Waals surface area contributed by atoms with Crippen LogP contribution in [0.5, 0.6) is 0 Å². The lowest BCUT2D eigenvalue weighted by molar-refractivity contribution is -0.137. The molecular formula is C22H28N2O4. The molecule has 0 bridgehead atoms. The fourth-order valence-corrected chi connectivity index (χ4v) is 5.63. The topological polar surface area (TPSA) is 67.9 Å². The Bertz CT molecular complexity index is 821. The third-order valence-electron chi connectivity index (χ3n) is 6.97. The molecule has 0 saturated carbocycles. The Hall–Kier alpha value is -2.34. The standard InChI is InChI=1S/C22H28N2O4/c1-4-14-12-24-10-9-22(17-7-5-6-8-18(17)23-21(22)26)19(24)11-15(14)16(13-27-2)20(25)28-3/h5-8,13-15,19H,4,9-12H2,1-3H3,(H,23,26)/b16-13+/t14-,15+,19-,22-/m0/s1. The quantitative estimate of drug-likeness (QED) is 0.491. The predicted octanol–water partition coefficient (Wildman–Crippen LogP) is 2.70. The number of hydrogen-bond donors (Lipinski definition) is 1. The first-order valence-electron chi connectivity index (χ1n) is 10.0. The summed E-state index contributed by atoms with van der Waals surface area (Å²) in [4.78, 5) is 28.1. The van der Waals surface area contributed by atoms with Gasteiger partial charge in [-0.15, -0.1) is 0 Å². The molecule has 4 atom stereocenters. The lowest BCUT2D eigenvalue weighted by Crippen LogP contribution is -2.53. The third-order valence-corrected chi connectivity index (χ3v) is 6.97. The van der Waals surface area contributed by atoms with E-state index in [1.807, 2.05) is 18.2 Å². The van der Waals surface area contributed by atoms with Crippen LogP contribution in [0.4, 0.5) is 5.69 Å². The van der Waals surface area contributed by atoms with E-state index < -0.39 is 5.41 Å². The molecule has 6 heteroatoms. The molecule has 0 unspecified atom stereocenters. The first kappa shape index (κ1) is 19.0. The number of anilines is 1. The SMILES string of the molecule is CC[C@H]1CN2CC[C@@]3(C(=O)Nc4ccccc43)[C@@H]2C[C@H]1/C(=C\OC)C(=O)OC. The van der Waals surface area contributed by atoms with Gasteiger partial charge < -0.3 is 14.8 Å². The van der Waals surface area contributed by atoms with Crippen LogP contribution in [0.2, 0.25) is 0 Å². The molecule has 0 aromatic heterocycles. The van der Waals surface area contributed by atoms with E-state index in [4.69, 9.17) is 9.47 Å². The minimum atomic E-state index is -0.540. The number of para-hydroxylation sites is 1. The average Bonchev–Trinajstić information content (AvgIpc) is 3.23. The van der Waals surface area contributed by atoms with Gasteiger partial charge in [0.2, 0.25) is 5.91 Å². The lowest BCUT2D eigenvalue weighted by Gasteiger charge is -2.45. The van der Waals surface area contributed by atoms with Crippen molar-refractivity contribution < 1.29 is 19.1 Å². The molecule has 1 aromatic rings. The summed E-state index contributed by atoms with van der Waals surface area (Å²) < 4.78 is 10.3. The van der Waals surface area contributed by atoms with Crippen molar-refractivity contribution >= 4 is 17.6 Å². The van der Waals surface area contributed by atoms with Gasteiger partial charge in [0.05, 0.1) is 31.5 Å². The molecule has 150 valence electrons. The van der Waals surface area contributed by atoms with Gasteiger partial charge in [0.15, 0.2) is 0 Å². The number of nitrogens with zero attached hydrogens (tertiary/aromatic N) is 1. The zero-order valence-electron chi connectivity index (χ0n) is 16.7. The molecule has 28 heavy (non-hydrogen) atoms. The Morgan fingerprint density at radius 2 is 2.14 bits per heavy atom. The van der Waals surface area contributed by atoms with Crippen LogP contribution in [0.25, 0.3) is 0 Å². The first-order chi connectivity index (χ1) is 13.6. The summed E-state index contributed by atoms with van der Waals surface area (Å²) in [6.45, 7) is 3.93. The van der Waals surface area contributed by atoms with Crippen molar-refractivity contribution in [2.24, 2.45) is 11.8 Å². The number of carbonyl (C=O) groups excluding carboxylic acids is 2. The summed E-state index contributed by atoms with van der Waals surface area (Å²) >= 11 is 0. The highest BCUT2D eigenvalue weighted by molar-refractivity contribution is 6.07. The van der Waals surface area contributed by atoms with E-state index in [0.717, 1.165) is 43.6 Å². The lowest BCUT2D eigenvalue weighted by atomic mass is 9.67. The van der Waals surface area contributed by atoms with Crippen molar-refractivity contribution in [1.29, 1.82) is 0 Å². The Morgan fingerprint density at radius 1 is 1.36 bits per heavy atom. The number of carbonyl (C=O) groups is 2. The fourth-order valence-electron chi connectivity index (χ4n) is 5.63. The highest BCUT2D eigenvalue weighted by Gasteiger charge is 2.60. The Kier molecular flexibility index (Phi) is 4.91. The molecule has 1 aromatic carbocycles. The molecule has 1 amide bonds. The number of rotatable bonds is 4. The second-order valence-corrected chi connectivity index (χ2v) is 8.04. The van der Waals surface area contributed by atoms with Crippen molar-refractivity contribution in [3.63, 3.8) is 0 Å². The summed E-state index contributed by atoms with van der Waals surface area (Å²) in [7, 11) is 2.95. The first-order valence-corrected chi connectivity index (χ1v) is 10.0. The molecule has 2 saturated heterocycles. The smallest absolute Gasteiger partial charge is 0.337 e. The molecule has 0 aliphatic carbocycles. The zero-order chi connectivity index (χ0) is 19.9. The van der Waals surface area contributed by atoms with E-state index >= 15 is 0 Å². The number of fused-ring (bicyclic) bond motifs is 4. The van der Waals surface area contributed by atoms with Gasteiger partial charge in [0, 0.05) is 18.3 Å². The van der Waals surface area contributed by atoms with Crippen LogP contribution in [-0.2, 0) is 24.5 Å². The normalized spacial score (nSPS) is 32.0. The zero-order valence-corrected chi connectivity index (χ0v) is 16.7. The van der Waals surface area contributed by atoms with Gasteiger partial charge in [-0.3, -0.25) is 9.69 Å². The summed E-state index contributed by atoms with van der Waals surface area (Å²) in [5.74, 6) is 0.0769. The summed E-state index contributed by atoms with van der Waals surface area (Å²) in [6.07, 6.45) is 4.04. The molecule has 4 rings (SSSR count). The number of benzene rings is 1. The van der Waals surface area contributed by atoms with E-state index in [2.05, 4.69) is 23.2 Å². The molecular weight excluding hydrogens is 356 g/mol. The van der Waals surface area contributed by atoms with Gasteiger partial charge in [-0.05, 0) is 42.9 Å². The molecule has 1 spiro atoms. The van der Waals surface area contributed by atoms with Crippen LogP contribution >= 0.6 is 0 Å². The van der Waals surface area contributed by atoms with Crippen LogP contribution in [0.1, 0.15) is 31.7 Å². The van der Waals surface area contributed by atoms with Gasteiger partial charge in [0.1, 0.15) is 0 Å². The van der Waals surface area contributed by atoms with Crippen LogP contribution in [0.3, 0.4) is 0 Å². The fraction of sp³-hybridized carbons (Fsp3) is 0.545. The Morgan fingerprint density at radius 3 is 2.86 bits per heavy atom. The predicted molar refractivity (Wildman–Crippen MR) is 106 cm³/mol. The number of hydrogen-bond acceptors (Lipinski definition) is 5. The minimum Gasteiger partial charge on any atom is -0.504 e. The average molecular weight is 384 g/mol. The summed E-state index contributed by atoms with van der Waals surface area (Å²) in [5, 5.41) is 3.10. The number of amides is 1. The largest absolute Gasteiger partial charge is 0.504 e. The van der Waals surface area contributed by atoms with Gasteiger partial charge in [-0.1, -0.05) is 31.5 Å². The molecule has 3 aliphatic heterocycles. The molecule has 3 aliphatic rings. The van der Waals surface area contributed by atoms with Crippen LogP contribution in [-0.4, -0.2) is 50.1 Å². The second-order valence-electron chi connectivity index (χ2n) is 8.04. The molecule has 3 heterocycles. The van der Waals surface area contributed by atoms with Crippen molar-refractivity contribution in [3.8, 4) is 0 Å². The van der Waals surface area contributed by atoms with Crippen LogP contribution in [0.15, 0.2) is 36.1 Å². The number of ether oxygens (including phenoxy) is 2. The van der Waals surface area contributed by atoms with Gasteiger partial charge in [-0.25, -0.2) is 4.79 Å². The van der Waals surface area contributed by atoms with Gasteiger partial charge >= 0.3 is 5.97 Å². The highest BCUT2D eigenvalue weighted by Crippen LogP contribution is 2.53. The van der Waals surface area contributed by atoms with Crippen molar-refractivity contribution in [2.75, 3.05) is 32.6 Å². The maximum Gasteiger partial charge on any atom is 0.337 e. The second kappa shape index (κ2) is 7.24. The highest BCUT2D eigenvalue weighted by atomic mass is 16.5. The Balaban J connectivity index is 1.74. The third kappa shape index (κ3) is 2.65. The maximum absolute atomic E-state index is 13.2. The molecule has 1 N–H and O–H groups in total. The van der Waals surface area contributed by atoms with Crippen molar-refractivity contribution in [1.82, 2.24) is 4.90 Å².